The zero-order chi connectivity index (χ0) is 37.2. The summed E-state index contributed by atoms with van der Waals surface area (Å²) in [4.78, 5) is 22.6. The minimum absolute atomic E-state index is 0.0585. The van der Waals surface area contributed by atoms with Gasteiger partial charge in [-0.15, -0.1) is 6.42 Å². The van der Waals surface area contributed by atoms with Gasteiger partial charge in [-0.2, -0.15) is 0 Å². The summed E-state index contributed by atoms with van der Waals surface area (Å²) in [6, 6.07) is 0. The predicted molar refractivity (Wildman–Crippen MR) is 176 cm³/mol. The van der Waals surface area contributed by atoms with Crippen LogP contribution in [0.2, 0.25) is 0 Å². The van der Waals surface area contributed by atoms with E-state index in [0.29, 0.717) is 45.1 Å². The van der Waals surface area contributed by atoms with Gasteiger partial charge < -0.3 is 73.9 Å². The summed E-state index contributed by atoms with van der Waals surface area (Å²) < 4.78 is 46.9. The Balaban J connectivity index is 1.56. The molecule has 3 saturated heterocycles. The largest absolute Gasteiger partial charge is 0.481 e. The van der Waals surface area contributed by atoms with Crippen molar-refractivity contribution in [2.75, 3.05) is 46.7 Å². The number of aliphatic hydroxyl groups is 5. The predicted octanol–water partition coefficient (Wildman–Crippen LogP) is -0.828. The van der Waals surface area contributed by atoms with Gasteiger partial charge in [0.15, 0.2) is 18.9 Å². The first-order valence-electron chi connectivity index (χ1n) is 17.8. The van der Waals surface area contributed by atoms with Crippen LogP contribution in [0.4, 0.5) is 0 Å². The lowest BCUT2D eigenvalue weighted by molar-refractivity contribution is -0.319. The van der Waals surface area contributed by atoms with Crippen LogP contribution >= 0.6 is 0 Å². The quantitative estimate of drug-likeness (QED) is 0.0501. The Morgan fingerprint density at radius 1 is 0.706 bits per heavy atom. The van der Waals surface area contributed by atoms with E-state index in [1.165, 1.54) is 7.11 Å². The molecular weight excluding hydrogens is 678 g/mol. The maximum atomic E-state index is 11.7. The summed E-state index contributed by atoms with van der Waals surface area (Å²) in [5.74, 6) is 1.38. The molecule has 0 radical (unpaired) electrons. The first kappa shape index (κ1) is 43.4. The Morgan fingerprint density at radius 2 is 1.22 bits per heavy atom. The first-order chi connectivity index (χ1) is 24.6. The molecule has 0 spiro atoms. The van der Waals surface area contributed by atoms with Crippen LogP contribution in [0.25, 0.3) is 0 Å². The molecule has 3 heterocycles. The molecule has 0 aliphatic carbocycles. The minimum atomic E-state index is -1.17. The minimum Gasteiger partial charge on any atom is -0.481 e. The monoisotopic (exact) mass is 735 g/mol. The van der Waals surface area contributed by atoms with Crippen molar-refractivity contribution in [2.45, 2.75) is 144 Å². The number of carbonyl (C=O) groups excluding carboxylic acids is 1. The normalized spacial score (nSPS) is 34.1. The van der Waals surface area contributed by atoms with Gasteiger partial charge in [0.1, 0.15) is 36.6 Å². The van der Waals surface area contributed by atoms with Gasteiger partial charge in [0.25, 0.3) is 0 Å². The summed E-state index contributed by atoms with van der Waals surface area (Å²) >= 11 is 0. The third-order valence-corrected chi connectivity index (χ3v) is 8.95. The average molecular weight is 736 g/mol. The van der Waals surface area contributed by atoms with E-state index in [0.717, 1.165) is 6.42 Å². The number of carbonyl (C=O) groups is 2. The standard InChI is InChI=1S/C34H57NO16/c1-3-12-35-30(41)10-6-4-8-13-45-25-16-23(39)32(44-2)50-28(25)19-48-34-24(40)17-26(46-14-9-5-7-11-31(42)43)29(51-34)20-47-33-22(38)15-21(37)27(18-36)49-33/h1,21-29,32-34,36-40H,4-20H2,2H3,(H,35,41)(H,42,43)/t21-,22+,23?,24+,25-,26-,27+,28+,29+,32-,33-,34-/m0/s1. The SMILES string of the molecule is C#CCNC(=O)CCCCCO[C@H]1CC(O)[C@@H](OC)O[C@@H]1CO[C@H]1O[C@H](CO[C@H]2O[C@H](CO)[C@@H](O)C[C@H]2O)[C@@H](OCCCCCC(=O)O)C[C@H]1O. The Bertz CT molecular complexity index is 1050. The number of carboxylic acids is 1. The zero-order valence-electron chi connectivity index (χ0n) is 29.3. The lowest BCUT2D eigenvalue weighted by Crippen LogP contribution is -2.55. The fourth-order valence-electron chi connectivity index (χ4n) is 6.10. The fraction of sp³-hybridized carbons (Fsp3) is 0.882. The van der Waals surface area contributed by atoms with Crippen molar-refractivity contribution < 1.29 is 78.1 Å². The van der Waals surface area contributed by atoms with Crippen LogP contribution in [-0.2, 0) is 47.5 Å². The molecule has 7 N–H and O–H groups in total. The van der Waals surface area contributed by atoms with E-state index < -0.39 is 86.4 Å². The van der Waals surface area contributed by atoms with E-state index in [1.807, 2.05) is 0 Å². The molecule has 0 bridgehead atoms. The van der Waals surface area contributed by atoms with Crippen molar-refractivity contribution in [3.63, 3.8) is 0 Å². The number of ether oxygens (including phenoxy) is 8. The molecule has 0 aromatic carbocycles. The van der Waals surface area contributed by atoms with Crippen LogP contribution in [0.3, 0.4) is 0 Å². The summed E-state index contributed by atoms with van der Waals surface area (Å²) in [5, 5.41) is 63.0. The third kappa shape index (κ3) is 15.1. The number of terminal acetylenes is 1. The van der Waals surface area contributed by atoms with Gasteiger partial charge in [-0.25, -0.2) is 0 Å². The van der Waals surface area contributed by atoms with E-state index >= 15 is 0 Å². The van der Waals surface area contributed by atoms with Gasteiger partial charge in [0.2, 0.25) is 5.91 Å². The van der Waals surface area contributed by atoms with E-state index in [4.69, 9.17) is 49.4 Å². The third-order valence-electron chi connectivity index (χ3n) is 8.95. The molecule has 17 nitrogen and oxygen atoms in total. The van der Waals surface area contributed by atoms with E-state index in [9.17, 15) is 35.1 Å². The molecule has 1 amide bonds. The zero-order valence-corrected chi connectivity index (χ0v) is 29.3. The second-order valence-corrected chi connectivity index (χ2v) is 13.0. The number of hydrogen-bond acceptors (Lipinski definition) is 15. The number of aliphatic carboxylic acids is 1. The maximum absolute atomic E-state index is 11.7. The number of aliphatic hydroxyl groups excluding tert-OH is 5. The summed E-state index contributed by atoms with van der Waals surface area (Å²) in [6.45, 7) is 0.113. The van der Waals surface area contributed by atoms with E-state index in [-0.39, 0.29) is 58.0 Å². The lowest BCUT2D eigenvalue weighted by Gasteiger charge is -2.42. The molecule has 51 heavy (non-hydrogen) atoms. The fourth-order valence-corrected chi connectivity index (χ4v) is 6.10. The van der Waals surface area contributed by atoms with Crippen LogP contribution in [0.15, 0.2) is 0 Å². The van der Waals surface area contributed by atoms with Crippen LogP contribution in [-0.4, -0.2) is 163 Å². The van der Waals surface area contributed by atoms with Gasteiger partial charge in [-0.1, -0.05) is 18.8 Å². The molecule has 3 aliphatic rings. The number of unbranched alkanes of at least 4 members (excludes halogenated alkanes) is 4. The van der Waals surface area contributed by atoms with Gasteiger partial charge in [-0.05, 0) is 25.7 Å². The average Bonchev–Trinajstić information content (AvgIpc) is 3.10. The first-order valence-corrected chi connectivity index (χ1v) is 17.8. The summed E-state index contributed by atoms with van der Waals surface area (Å²) in [7, 11) is 1.41. The van der Waals surface area contributed by atoms with Gasteiger partial charge in [0, 0.05) is 52.4 Å². The molecule has 0 aromatic rings. The molecule has 3 rings (SSSR count). The Hall–Kier alpha value is -2.02. The Kier molecular flexibility index (Phi) is 20.1. The van der Waals surface area contributed by atoms with Crippen molar-refractivity contribution >= 4 is 11.9 Å². The smallest absolute Gasteiger partial charge is 0.303 e. The summed E-state index contributed by atoms with van der Waals surface area (Å²) in [5.41, 5.74) is 0. The highest BCUT2D eigenvalue weighted by molar-refractivity contribution is 5.76. The molecule has 0 saturated carbocycles. The van der Waals surface area contributed by atoms with Crippen molar-refractivity contribution in [2.24, 2.45) is 0 Å². The van der Waals surface area contributed by atoms with Gasteiger partial charge in [-0.3, -0.25) is 9.59 Å². The highest BCUT2D eigenvalue weighted by Gasteiger charge is 2.43. The molecule has 3 aliphatic heterocycles. The van der Waals surface area contributed by atoms with Crippen LogP contribution in [0.5, 0.6) is 0 Å². The second-order valence-electron chi connectivity index (χ2n) is 13.0. The van der Waals surface area contributed by atoms with Gasteiger partial charge in [0.05, 0.1) is 44.7 Å². The number of hydrogen-bond donors (Lipinski definition) is 7. The Morgan fingerprint density at radius 3 is 1.75 bits per heavy atom. The second kappa shape index (κ2) is 23.6. The number of amides is 1. The van der Waals surface area contributed by atoms with Crippen LogP contribution in [0, 0.1) is 12.3 Å². The lowest BCUT2D eigenvalue weighted by atomic mass is 10.0. The molecule has 17 heteroatoms. The van der Waals surface area contributed by atoms with Crippen molar-refractivity contribution in [3.05, 3.63) is 0 Å². The van der Waals surface area contributed by atoms with Crippen LogP contribution in [0.1, 0.15) is 70.6 Å². The summed E-state index contributed by atoms with van der Waals surface area (Å²) in [6.07, 6.45) is -1.55. The number of methoxy groups -OCH3 is 1. The van der Waals surface area contributed by atoms with Crippen LogP contribution < -0.4 is 5.32 Å². The molecule has 12 atom stereocenters. The topological polar surface area (TPSA) is 241 Å². The highest BCUT2D eigenvalue weighted by Crippen LogP contribution is 2.29. The molecule has 1 unspecified atom stereocenters. The van der Waals surface area contributed by atoms with E-state index in [1.54, 1.807) is 0 Å². The highest BCUT2D eigenvalue weighted by atomic mass is 16.7. The molecular formula is C34H57NO16. The van der Waals surface area contributed by atoms with E-state index in [2.05, 4.69) is 11.2 Å². The maximum Gasteiger partial charge on any atom is 0.303 e. The van der Waals surface area contributed by atoms with Crippen molar-refractivity contribution in [3.8, 4) is 12.3 Å². The van der Waals surface area contributed by atoms with Gasteiger partial charge >= 0.3 is 5.97 Å². The van der Waals surface area contributed by atoms with Crippen molar-refractivity contribution in [1.29, 1.82) is 0 Å². The van der Waals surface area contributed by atoms with Crippen molar-refractivity contribution in [1.82, 2.24) is 5.32 Å². The molecule has 294 valence electrons. The molecule has 0 aromatic heterocycles. The number of rotatable bonds is 23. The molecule has 3 fully saturated rings. The number of carboxylic acid groups (broad SMARTS) is 1. The number of nitrogens with one attached hydrogen (secondary N) is 1. The Labute approximate surface area is 298 Å².